The lowest BCUT2D eigenvalue weighted by atomic mass is 10.3. The van der Waals surface area contributed by atoms with Crippen molar-refractivity contribution >= 4 is 16.7 Å². The predicted molar refractivity (Wildman–Crippen MR) is 78.4 cm³/mol. The molecule has 0 unspecified atom stereocenters. The van der Waals surface area contributed by atoms with E-state index in [0.29, 0.717) is 5.92 Å². The standard InChI is InChI=1S/C15H17N5/c1-19-7-6-12(18-19)9-20-14-5-4-11(16)8-13(14)17-15(20)10-2-3-10/h4-8,10H,2-3,9,16H2,1H3. The van der Waals surface area contributed by atoms with E-state index in [1.54, 1.807) is 0 Å². The summed E-state index contributed by atoms with van der Waals surface area (Å²) in [6, 6.07) is 8.01. The highest BCUT2D eigenvalue weighted by molar-refractivity contribution is 5.80. The van der Waals surface area contributed by atoms with Gasteiger partial charge in [-0.3, -0.25) is 4.68 Å². The second-order valence-corrected chi connectivity index (χ2v) is 5.56. The van der Waals surface area contributed by atoms with Gasteiger partial charge in [-0.2, -0.15) is 5.10 Å². The highest BCUT2D eigenvalue weighted by Crippen LogP contribution is 2.41. The van der Waals surface area contributed by atoms with Crippen molar-refractivity contribution in [3.05, 3.63) is 42.0 Å². The van der Waals surface area contributed by atoms with E-state index in [9.17, 15) is 0 Å². The Bertz CT molecular complexity index is 779. The van der Waals surface area contributed by atoms with Gasteiger partial charge in [-0.1, -0.05) is 0 Å². The third-order valence-electron chi connectivity index (χ3n) is 3.83. The quantitative estimate of drug-likeness (QED) is 0.740. The van der Waals surface area contributed by atoms with Crippen LogP contribution in [0.4, 0.5) is 5.69 Å². The molecular weight excluding hydrogens is 250 g/mol. The molecule has 0 spiro atoms. The summed E-state index contributed by atoms with van der Waals surface area (Å²) < 4.78 is 4.12. The van der Waals surface area contributed by atoms with Crippen molar-refractivity contribution in [2.45, 2.75) is 25.3 Å². The van der Waals surface area contributed by atoms with Gasteiger partial charge < -0.3 is 10.3 Å². The molecule has 0 radical (unpaired) electrons. The Labute approximate surface area is 117 Å². The molecule has 4 rings (SSSR count). The molecule has 0 aliphatic heterocycles. The van der Waals surface area contributed by atoms with Gasteiger partial charge in [0.05, 0.1) is 23.3 Å². The fourth-order valence-corrected chi connectivity index (χ4v) is 2.69. The summed E-state index contributed by atoms with van der Waals surface area (Å²) in [5.74, 6) is 1.78. The van der Waals surface area contributed by atoms with Gasteiger partial charge in [0.1, 0.15) is 5.82 Å². The zero-order valence-electron chi connectivity index (χ0n) is 11.5. The van der Waals surface area contributed by atoms with Crippen LogP contribution >= 0.6 is 0 Å². The van der Waals surface area contributed by atoms with Crippen molar-refractivity contribution < 1.29 is 0 Å². The Morgan fingerprint density at radius 1 is 1.30 bits per heavy atom. The van der Waals surface area contributed by atoms with Crippen LogP contribution in [0, 0.1) is 0 Å². The van der Waals surface area contributed by atoms with Gasteiger partial charge in [0.25, 0.3) is 0 Å². The molecule has 3 aromatic rings. The first-order valence-corrected chi connectivity index (χ1v) is 6.95. The number of anilines is 1. The maximum Gasteiger partial charge on any atom is 0.113 e. The van der Waals surface area contributed by atoms with Crippen LogP contribution in [0.25, 0.3) is 11.0 Å². The van der Waals surface area contributed by atoms with Crippen LogP contribution in [-0.2, 0) is 13.6 Å². The normalized spacial score (nSPS) is 15.1. The molecule has 2 aromatic heterocycles. The fraction of sp³-hybridized carbons (Fsp3) is 0.333. The zero-order chi connectivity index (χ0) is 13.7. The van der Waals surface area contributed by atoms with E-state index >= 15 is 0 Å². The number of nitrogens with two attached hydrogens (primary N) is 1. The van der Waals surface area contributed by atoms with E-state index in [1.165, 1.54) is 18.7 Å². The fourth-order valence-electron chi connectivity index (χ4n) is 2.69. The van der Waals surface area contributed by atoms with Crippen molar-refractivity contribution in [1.82, 2.24) is 19.3 Å². The van der Waals surface area contributed by atoms with E-state index in [1.807, 2.05) is 30.1 Å². The molecule has 5 heteroatoms. The smallest absolute Gasteiger partial charge is 0.113 e. The van der Waals surface area contributed by atoms with E-state index in [0.717, 1.165) is 29.0 Å². The van der Waals surface area contributed by atoms with Crippen LogP contribution in [0.1, 0.15) is 30.3 Å². The molecule has 0 saturated heterocycles. The van der Waals surface area contributed by atoms with Gasteiger partial charge in [0.15, 0.2) is 0 Å². The summed E-state index contributed by atoms with van der Waals surface area (Å²) in [4.78, 5) is 4.79. The summed E-state index contributed by atoms with van der Waals surface area (Å²) in [7, 11) is 1.94. The van der Waals surface area contributed by atoms with E-state index in [2.05, 4.69) is 21.8 Å². The predicted octanol–water partition coefficient (Wildman–Crippen LogP) is 2.28. The van der Waals surface area contributed by atoms with Crippen molar-refractivity contribution in [2.24, 2.45) is 7.05 Å². The first-order chi connectivity index (χ1) is 9.70. The SMILES string of the molecule is Cn1ccc(Cn2c(C3CC3)nc3cc(N)ccc32)n1. The number of hydrogen-bond donors (Lipinski definition) is 1. The van der Waals surface area contributed by atoms with Crippen molar-refractivity contribution in [3.63, 3.8) is 0 Å². The van der Waals surface area contributed by atoms with E-state index in [4.69, 9.17) is 10.7 Å². The zero-order valence-corrected chi connectivity index (χ0v) is 11.5. The molecule has 0 atom stereocenters. The summed E-state index contributed by atoms with van der Waals surface area (Å²) in [6.45, 7) is 0.771. The minimum atomic E-state index is 0.604. The number of fused-ring (bicyclic) bond motifs is 1. The van der Waals surface area contributed by atoms with Crippen molar-refractivity contribution in [2.75, 3.05) is 5.73 Å². The lowest BCUT2D eigenvalue weighted by Gasteiger charge is -2.06. The van der Waals surface area contributed by atoms with E-state index < -0.39 is 0 Å². The van der Waals surface area contributed by atoms with Crippen LogP contribution in [0.3, 0.4) is 0 Å². The van der Waals surface area contributed by atoms with Crippen molar-refractivity contribution in [1.29, 1.82) is 0 Å². The van der Waals surface area contributed by atoms with Crippen LogP contribution in [0.2, 0.25) is 0 Å². The average molecular weight is 267 g/mol. The van der Waals surface area contributed by atoms with Crippen molar-refractivity contribution in [3.8, 4) is 0 Å². The first kappa shape index (κ1) is 11.5. The van der Waals surface area contributed by atoms with Crippen LogP contribution in [0.5, 0.6) is 0 Å². The summed E-state index contributed by atoms with van der Waals surface area (Å²) in [6.07, 6.45) is 4.45. The number of aryl methyl sites for hydroxylation is 1. The molecular formula is C15H17N5. The Morgan fingerprint density at radius 2 is 2.15 bits per heavy atom. The number of nitrogen functional groups attached to an aromatic ring is 1. The topological polar surface area (TPSA) is 61.7 Å². The van der Waals surface area contributed by atoms with Gasteiger partial charge in [0, 0.05) is 24.8 Å². The number of benzene rings is 1. The monoisotopic (exact) mass is 267 g/mol. The molecule has 2 heterocycles. The maximum atomic E-state index is 5.87. The minimum Gasteiger partial charge on any atom is -0.399 e. The minimum absolute atomic E-state index is 0.604. The number of hydrogen-bond acceptors (Lipinski definition) is 3. The van der Waals surface area contributed by atoms with E-state index in [-0.39, 0.29) is 0 Å². The Kier molecular flexibility index (Phi) is 2.36. The van der Waals surface area contributed by atoms with Gasteiger partial charge in [-0.15, -0.1) is 0 Å². The molecule has 20 heavy (non-hydrogen) atoms. The highest BCUT2D eigenvalue weighted by Gasteiger charge is 2.29. The molecule has 5 nitrogen and oxygen atoms in total. The largest absolute Gasteiger partial charge is 0.399 e. The molecule has 1 aliphatic carbocycles. The van der Waals surface area contributed by atoms with Gasteiger partial charge in [0.2, 0.25) is 0 Å². The molecule has 1 aliphatic rings. The molecule has 1 fully saturated rings. The van der Waals surface area contributed by atoms with Gasteiger partial charge in [-0.05, 0) is 37.1 Å². The van der Waals surface area contributed by atoms with Gasteiger partial charge in [-0.25, -0.2) is 4.98 Å². The van der Waals surface area contributed by atoms with Gasteiger partial charge >= 0.3 is 0 Å². The lowest BCUT2D eigenvalue weighted by Crippen LogP contribution is -2.05. The number of nitrogens with zero attached hydrogens (tertiary/aromatic N) is 4. The third-order valence-corrected chi connectivity index (χ3v) is 3.83. The molecule has 102 valence electrons. The Morgan fingerprint density at radius 3 is 2.85 bits per heavy atom. The summed E-state index contributed by atoms with van der Waals surface area (Å²) in [5, 5.41) is 4.47. The molecule has 0 amide bonds. The maximum absolute atomic E-state index is 5.87. The first-order valence-electron chi connectivity index (χ1n) is 6.95. The lowest BCUT2D eigenvalue weighted by molar-refractivity contribution is 0.691. The summed E-state index contributed by atoms with van der Waals surface area (Å²) >= 11 is 0. The molecule has 1 saturated carbocycles. The van der Waals surface area contributed by atoms with Crippen LogP contribution in [0.15, 0.2) is 30.5 Å². The number of rotatable bonds is 3. The third kappa shape index (κ3) is 1.86. The number of imidazole rings is 1. The molecule has 2 N–H and O–H groups in total. The second kappa shape index (κ2) is 4.10. The second-order valence-electron chi connectivity index (χ2n) is 5.56. The Balaban J connectivity index is 1.84. The molecule has 1 aromatic carbocycles. The Hall–Kier alpha value is -2.30. The summed E-state index contributed by atoms with van der Waals surface area (Å²) in [5.41, 5.74) is 9.83. The van der Waals surface area contributed by atoms with Crippen LogP contribution < -0.4 is 5.73 Å². The highest BCUT2D eigenvalue weighted by atomic mass is 15.3. The number of aromatic nitrogens is 4. The van der Waals surface area contributed by atoms with Crippen LogP contribution in [-0.4, -0.2) is 19.3 Å². The molecule has 0 bridgehead atoms. The average Bonchev–Trinajstić information content (AvgIpc) is 3.10.